The van der Waals surface area contributed by atoms with E-state index in [-0.39, 0.29) is 10.6 Å². The van der Waals surface area contributed by atoms with Gasteiger partial charge < -0.3 is 5.73 Å². The molecule has 0 aromatic heterocycles. The van der Waals surface area contributed by atoms with Gasteiger partial charge in [0.1, 0.15) is 0 Å². The van der Waals surface area contributed by atoms with Crippen molar-refractivity contribution in [2.45, 2.75) is 26.1 Å². The van der Waals surface area contributed by atoms with Gasteiger partial charge in [0.2, 0.25) is 0 Å². The molecule has 0 aromatic rings. The molecule has 1 rings (SSSR count). The Hall–Kier alpha value is -1.36. The third-order valence-electron chi connectivity index (χ3n) is 2.35. The SMILES string of the molecule is C[Si](C)(C)/C(N)=C1/C=CC([N+](=O)[O-])=CC1. The smallest absolute Gasteiger partial charge is 0.265 e. The number of nitro groups is 1. The largest absolute Gasteiger partial charge is 0.405 e. The molecule has 0 spiro atoms. The number of nitrogens with two attached hydrogens (primary N) is 1. The van der Waals surface area contributed by atoms with Crippen molar-refractivity contribution in [2.75, 3.05) is 0 Å². The molecule has 15 heavy (non-hydrogen) atoms. The monoisotopic (exact) mass is 224 g/mol. The van der Waals surface area contributed by atoms with E-state index in [4.69, 9.17) is 5.73 Å². The van der Waals surface area contributed by atoms with Gasteiger partial charge in [-0.3, -0.25) is 10.1 Å². The van der Waals surface area contributed by atoms with Crippen molar-refractivity contribution < 1.29 is 4.92 Å². The summed E-state index contributed by atoms with van der Waals surface area (Å²) >= 11 is 0. The molecular weight excluding hydrogens is 208 g/mol. The van der Waals surface area contributed by atoms with E-state index in [1.165, 1.54) is 6.08 Å². The van der Waals surface area contributed by atoms with E-state index in [0.29, 0.717) is 6.42 Å². The van der Waals surface area contributed by atoms with E-state index in [1.807, 2.05) is 0 Å². The molecule has 1 aliphatic rings. The van der Waals surface area contributed by atoms with Crippen LogP contribution in [0, 0.1) is 10.1 Å². The second-order valence-corrected chi connectivity index (χ2v) is 9.65. The second kappa shape index (κ2) is 4.02. The predicted octanol–water partition coefficient (Wildman–Crippen LogP) is 2.20. The highest BCUT2D eigenvalue weighted by molar-refractivity contribution is 6.83. The molecule has 1 aliphatic carbocycles. The zero-order valence-corrected chi connectivity index (χ0v) is 10.3. The van der Waals surface area contributed by atoms with E-state index in [0.717, 1.165) is 10.9 Å². The summed E-state index contributed by atoms with van der Waals surface area (Å²) in [5.41, 5.74) is 7.22. The molecule has 82 valence electrons. The zero-order valence-electron chi connectivity index (χ0n) is 9.28. The van der Waals surface area contributed by atoms with Crippen molar-refractivity contribution in [1.29, 1.82) is 0 Å². The summed E-state index contributed by atoms with van der Waals surface area (Å²) in [6, 6.07) is 0. The highest BCUT2D eigenvalue weighted by Crippen LogP contribution is 2.22. The van der Waals surface area contributed by atoms with Gasteiger partial charge in [-0.1, -0.05) is 25.7 Å². The van der Waals surface area contributed by atoms with Crippen LogP contribution in [0.25, 0.3) is 0 Å². The maximum absolute atomic E-state index is 10.5. The fourth-order valence-electron chi connectivity index (χ4n) is 1.35. The van der Waals surface area contributed by atoms with Crippen LogP contribution in [0.15, 0.2) is 34.8 Å². The molecule has 0 bridgehead atoms. The third kappa shape index (κ3) is 2.79. The first kappa shape index (κ1) is 11.7. The number of nitrogens with zero attached hydrogens (tertiary/aromatic N) is 1. The molecular formula is C10H16N2O2Si. The van der Waals surface area contributed by atoms with Gasteiger partial charge in [0.15, 0.2) is 0 Å². The molecule has 0 atom stereocenters. The van der Waals surface area contributed by atoms with Crippen LogP contribution >= 0.6 is 0 Å². The third-order valence-corrected chi connectivity index (χ3v) is 4.29. The number of hydrogen-bond acceptors (Lipinski definition) is 3. The highest BCUT2D eigenvalue weighted by atomic mass is 28.3. The Morgan fingerprint density at radius 2 is 2.07 bits per heavy atom. The van der Waals surface area contributed by atoms with Crippen LogP contribution in [0.3, 0.4) is 0 Å². The molecule has 0 radical (unpaired) electrons. The Kier molecular flexibility index (Phi) is 3.14. The number of rotatable bonds is 2. The lowest BCUT2D eigenvalue weighted by Crippen LogP contribution is -2.31. The van der Waals surface area contributed by atoms with Gasteiger partial charge in [0.05, 0.1) is 13.0 Å². The van der Waals surface area contributed by atoms with Crippen molar-refractivity contribution in [1.82, 2.24) is 0 Å². The minimum atomic E-state index is -1.49. The van der Waals surface area contributed by atoms with Gasteiger partial charge in [-0.15, -0.1) is 0 Å². The van der Waals surface area contributed by atoms with Crippen molar-refractivity contribution in [2.24, 2.45) is 5.73 Å². The minimum absolute atomic E-state index is 0.155. The van der Waals surface area contributed by atoms with Gasteiger partial charge in [-0.25, -0.2) is 0 Å². The summed E-state index contributed by atoms with van der Waals surface area (Å²) in [5, 5.41) is 11.4. The van der Waals surface area contributed by atoms with Crippen molar-refractivity contribution >= 4 is 8.07 Å². The lowest BCUT2D eigenvalue weighted by molar-refractivity contribution is -0.419. The zero-order chi connectivity index (χ0) is 11.6. The first-order chi connectivity index (χ1) is 6.82. The van der Waals surface area contributed by atoms with E-state index < -0.39 is 8.07 Å². The summed E-state index contributed by atoms with van der Waals surface area (Å²) < 4.78 is 0. The molecule has 0 saturated heterocycles. The van der Waals surface area contributed by atoms with Crippen LogP contribution in [-0.2, 0) is 0 Å². The molecule has 0 fully saturated rings. The fraction of sp³-hybridized carbons (Fsp3) is 0.400. The lowest BCUT2D eigenvalue weighted by Gasteiger charge is -2.20. The predicted molar refractivity (Wildman–Crippen MR) is 63.4 cm³/mol. The van der Waals surface area contributed by atoms with Crippen LogP contribution in [0.4, 0.5) is 0 Å². The average Bonchev–Trinajstić information content (AvgIpc) is 2.15. The van der Waals surface area contributed by atoms with Gasteiger partial charge in [-0.05, 0) is 23.4 Å². The second-order valence-electron chi connectivity index (χ2n) is 4.61. The first-order valence-electron chi connectivity index (χ1n) is 4.84. The van der Waals surface area contributed by atoms with Crippen LogP contribution in [-0.4, -0.2) is 13.0 Å². The average molecular weight is 224 g/mol. The van der Waals surface area contributed by atoms with E-state index in [9.17, 15) is 10.1 Å². The molecule has 0 saturated carbocycles. The van der Waals surface area contributed by atoms with Crippen molar-refractivity contribution in [3.05, 3.63) is 44.9 Å². The van der Waals surface area contributed by atoms with Crippen LogP contribution in [0.1, 0.15) is 6.42 Å². The summed E-state index contributed by atoms with van der Waals surface area (Å²) in [6.07, 6.45) is 5.48. The van der Waals surface area contributed by atoms with E-state index in [2.05, 4.69) is 19.6 Å². The van der Waals surface area contributed by atoms with Gasteiger partial charge in [-0.2, -0.15) is 0 Å². The molecule has 4 nitrogen and oxygen atoms in total. The Morgan fingerprint density at radius 3 is 2.40 bits per heavy atom. The molecule has 0 aliphatic heterocycles. The molecule has 5 heteroatoms. The molecule has 0 aromatic carbocycles. The van der Waals surface area contributed by atoms with Crippen LogP contribution < -0.4 is 5.73 Å². The maximum atomic E-state index is 10.5. The normalized spacial score (nSPS) is 19.8. The Bertz CT molecular complexity index is 375. The molecule has 0 unspecified atom stereocenters. The van der Waals surface area contributed by atoms with Gasteiger partial charge in [0.25, 0.3) is 5.70 Å². The molecule has 0 heterocycles. The standard InChI is InChI=1S/C10H16N2O2Si/c1-15(2,3)10(11)8-4-6-9(7-5-8)12(13)14/h4,6-7H,5,11H2,1-3H3/b10-8-. The quantitative estimate of drug-likeness (QED) is 0.444. The minimum Gasteiger partial charge on any atom is -0.405 e. The highest BCUT2D eigenvalue weighted by Gasteiger charge is 2.21. The van der Waals surface area contributed by atoms with Crippen LogP contribution in [0.2, 0.25) is 19.6 Å². The number of allylic oxidation sites excluding steroid dienone is 4. The van der Waals surface area contributed by atoms with Crippen molar-refractivity contribution in [3.63, 3.8) is 0 Å². The topological polar surface area (TPSA) is 69.2 Å². The maximum Gasteiger partial charge on any atom is 0.265 e. The summed E-state index contributed by atoms with van der Waals surface area (Å²) in [6.45, 7) is 6.49. The Labute approximate surface area is 90.3 Å². The Morgan fingerprint density at radius 1 is 1.47 bits per heavy atom. The van der Waals surface area contributed by atoms with E-state index in [1.54, 1.807) is 12.2 Å². The first-order valence-corrected chi connectivity index (χ1v) is 8.34. The van der Waals surface area contributed by atoms with E-state index >= 15 is 0 Å². The molecule has 2 N–H and O–H groups in total. The fourth-order valence-corrected chi connectivity index (χ4v) is 2.50. The van der Waals surface area contributed by atoms with Gasteiger partial charge in [0, 0.05) is 6.08 Å². The summed E-state index contributed by atoms with van der Waals surface area (Å²) in [7, 11) is -1.49. The Balaban J connectivity index is 2.92. The van der Waals surface area contributed by atoms with Crippen molar-refractivity contribution in [3.8, 4) is 0 Å². The lowest BCUT2D eigenvalue weighted by atomic mass is 10.1. The van der Waals surface area contributed by atoms with Gasteiger partial charge >= 0.3 is 0 Å². The summed E-state index contributed by atoms with van der Waals surface area (Å²) in [5.74, 6) is 0. The number of hydrogen-bond donors (Lipinski definition) is 1. The summed E-state index contributed by atoms with van der Waals surface area (Å²) in [4.78, 5) is 10.1. The molecule has 0 amide bonds. The van der Waals surface area contributed by atoms with Crippen LogP contribution in [0.5, 0.6) is 0 Å².